The monoisotopic (exact) mass is 272 g/mol. The van der Waals surface area contributed by atoms with Crippen molar-refractivity contribution < 1.29 is 26.4 Å². The van der Waals surface area contributed by atoms with E-state index < -0.39 is 33.5 Å². The van der Waals surface area contributed by atoms with Crippen molar-refractivity contribution in [2.75, 3.05) is 5.75 Å². The van der Waals surface area contributed by atoms with Crippen molar-refractivity contribution in [2.24, 2.45) is 0 Å². The SMILES string of the molecule is O=C(CCCC(F)(F)F)C1CCCCS1(=O)=O. The van der Waals surface area contributed by atoms with E-state index in [2.05, 4.69) is 0 Å². The number of alkyl halides is 3. The minimum Gasteiger partial charge on any atom is -0.298 e. The fourth-order valence-corrected chi connectivity index (χ4v) is 3.88. The quantitative estimate of drug-likeness (QED) is 0.788. The van der Waals surface area contributed by atoms with Crippen LogP contribution in [0.4, 0.5) is 13.2 Å². The predicted molar refractivity (Wildman–Crippen MR) is 56.3 cm³/mol. The molecule has 0 saturated carbocycles. The molecule has 7 heteroatoms. The summed E-state index contributed by atoms with van der Waals surface area (Å²) < 4.78 is 58.7. The summed E-state index contributed by atoms with van der Waals surface area (Å²) in [6.07, 6.45) is -4.51. The number of halogens is 3. The van der Waals surface area contributed by atoms with Crippen LogP contribution < -0.4 is 0 Å². The second-order valence-corrected chi connectivity index (χ2v) is 6.59. The zero-order chi connectivity index (χ0) is 13.1. The molecule has 0 aliphatic carbocycles. The number of rotatable bonds is 4. The van der Waals surface area contributed by atoms with E-state index in [4.69, 9.17) is 0 Å². The average molecular weight is 272 g/mol. The van der Waals surface area contributed by atoms with Crippen molar-refractivity contribution in [1.82, 2.24) is 0 Å². The molecule has 100 valence electrons. The van der Waals surface area contributed by atoms with Gasteiger partial charge in [-0.25, -0.2) is 8.42 Å². The molecule has 1 unspecified atom stereocenters. The first-order valence-electron chi connectivity index (χ1n) is 5.53. The molecule has 17 heavy (non-hydrogen) atoms. The molecule has 0 aromatic heterocycles. The van der Waals surface area contributed by atoms with Crippen molar-refractivity contribution in [2.45, 2.75) is 50.0 Å². The van der Waals surface area contributed by atoms with Crippen LogP contribution in [0.1, 0.15) is 38.5 Å². The van der Waals surface area contributed by atoms with Crippen LogP contribution in [0.5, 0.6) is 0 Å². The Balaban J connectivity index is 2.47. The number of carbonyl (C=O) groups is 1. The van der Waals surface area contributed by atoms with Gasteiger partial charge in [-0.2, -0.15) is 13.2 Å². The van der Waals surface area contributed by atoms with E-state index in [9.17, 15) is 26.4 Å². The molecule has 3 nitrogen and oxygen atoms in total. The van der Waals surface area contributed by atoms with Crippen LogP contribution in [0, 0.1) is 0 Å². The Labute approximate surface area is 98.3 Å². The Kier molecular flexibility index (Phi) is 4.57. The van der Waals surface area contributed by atoms with E-state index >= 15 is 0 Å². The van der Waals surface area contributed by atoms with E-state index in [-0.39, 0.29) is 25.0 Å². The van der Waals surface area contributed by atoms with Crippen molar-refractivity contribution in [1.29, 1.82) is 0 Å². The topological polar surface area (TPSA) is 51.2 Å². The third kappa shape index (κ3) is 4.65. The van der Waals surface area contributed by atoms with E-state index in [0.29, 0.717) is 12.8 Å². The molecule has 0 spiro atoms. The molecule has 0 radical (unpaired) electrons. The van der Waals surface area contributed by atoms with Crippen molar-refractivity contribution in [3.8, 4) is 0 Å². The van der Waals surface area contributed by atoms with Crippen LogP contribution in [0.25, 0.3) is 0 Å². The number of hydrogen-bond donors (Lipinski definition) is 0. The minimum atomic E-state index is -4.29. The lowest BCUT2D eigenvalue weighted by atomic mass is 10.1. The standard InChI is InChI=1S/C10H15F3O3S/c11-10(12,13)6-3-4-8(14)9-5-1-2-7-17(9,15)16/h9H,1-7H2. The third-order valence-corrected chi connectivity index (χ3v) is 5.04. The zero-order valence-corrected chi connectivity index (χ0v) is 10.1. The number of sulfone groups is 1. The second kappa shape index (κ2) is 5.37. The fourth-order valence-electron chi connectivity index (χ4n) is 1.94. The van der Waals surface area contributed by atoms with Gasteiger partial charge in [0, 0.05) is 12.8 Å². The average Bonchev–Trinajstić information content (AvgIpc) is 2.14. The first-order chi connectivity index (χ1) is 7.72. The molecule has 1 heterocycles. The summed E-state index contributed by atoms with van der Waals surface area (Å²) in [6, 6.07) is 0. The fraction of sp³-hybridized carbons (Fsp3) is 0.900. The molecule has 0 aromatic rings. The smallest absolute Gasteiger partial charge is 0.298 e. The van der Waals surface area contributed by atoms with Crippen LogP contribution in [-0.4, -0.2) is 31.4 Å². The number of carbonyl (C=O) groups excluding carboxylic acids is 1. The van der Waals surface area contributed by atoms with Gasteiger partial charge < -0.3 is 0 Å². The number of ketones is 1. The molecule has 1 fully saturated rings. The predicted octanol–water partition coefficient (Wildman–Crippen LogP) is 2.26. The van der Waals surface area contributed by atoms with Gasteiger partial charge in [0.05, 0.1) is 5.75 Å². The summed E-state index contributed by atoms with van der Waals surface area (Å²) in [6.45, 7) is 0. The summed E-state index contributed by atoms with van der Waals surface area (Å²) in [7, 11) is -3.42. The molecular formula is C10H15F3O3S. The maximum Gasteiger partial charge on any atom is 0.389 e. The van der Waals surface area contributed by atoms with Crippen molar-refractivity contribution in [3.63, 3.8) is 0 Å². The highest BCUT2D eigenvalue weighted by Crippen LogP contribution is 2.25. The molecule has 0 aromatic carbocycles. The van der Waals surface area contributed by atoms with Gasteiger partial charge >= 0.3 is 6.18 Å². The molecule has 1 aliphatic heterocycles. The lowest BCUT2D eigenvalue weighted by molar-refractivity contribution is -0.137. The highest BCUT2D eigenvalue weighted by Gasteiger charge is 2.35. The van der Waals surface area contributed by atoms with Gasteiger partial charge in [-0.3, -0.25) is 4.79 Å². The van der Waals surface area contributed by atoms with Gasteiger partial charge in [-0.05, 0) is 19.3 Å². The normalized spacial score (nSPS) is 24.5. The van der Waals surface area contributed by atoms with Gasteiger partial charge in [-0.1, -0.05) is 6.42 Å². The largest absolute Gasteiger partial charge is 0.389 e. The number of hydrogen-bond acceptors (Lipinski definition) is 3. The van der Waals surface area contributed by atoms with Crippen LogP contribution in [0.2, 0.25) is 0 Å². The Bertz CT molecular complexity index is 373. The third-order valence-electron chi connectivity index (χ3n) is 2.82. The van der Waals surface area contributed by atoms with Crippen LogP contribution >= 0.6 is 0 Å². The van der Waals surface area contributed by atoms with E-state index in [1.54, 1.807) is 0 Å². The summed E-state index contributed by atoms with van der Waals surface area (Å²) in [4.78, 5) is 11.6. The van der Waals surface area contributed by atoms with Gasteiger partial charge in [-0.15, -0.1) is 0 Å². The Morgan fingerprint density at radius 3 is 2.41 bits per heavy atom. The van der Waals surface area contributed by atoms with Gasteiger partial charge in [0.25, 0.3) is 0 Å². The molecule has 0 N–H and O–H groups in total. The van der Waals surface area contributed by atoms with E-state index in [0.717, 1.165) is 0 Å². The zero-order valence-electron chi connectivity index (χ0n) is 9.29. The molecule has 1 aliphatic rings. The number of Topliss-reactive ketones (excluding diaryl/α,β-unsaturated/α-hetero) is 1. The van der Waals surface area contributed by atoms with Gasteiger partial charge in [0.1, 0.15) is 5.25 Å². The van der Waals surface area contributed by atoms with E-state index in [1.165, 1.54) is 0 Å². The second-order valence-electron chi connectivity index (χ2n) is 4.29. The molecule has 0 amide bonds. The lowest BCUT2D eigenvalue weighted by Gasteiger charge is -2.21. The Hall–Kier alpha value is -0.590. The van der Waals surface area contributed by atoms with E-state index in [1.807, 2.05) is 0 Å². The van der Waals surface area contributed by atoms with Crippen LogP contribution in [0.3, 0.4) is 0 Å². The minimum absolute atomic E-state index is 0.0251. The van der Waals surface area contributed by atoms with Crippen molar-refractivity contribution in [3.05, 3.63) is 0 Å². The molecule has 1 atom stereocenters. The summed E-state index contributed by atoms with van der Waals surface area (Å²) in [5.41, 5.74) is 0. The Morgan fingerprint density at radius 1 is 1.24 bits per heavy atom. The lowest BCUT2D eigenvalue weighted by Crippen LogP contribution is -2.35. The first kappa shape index (κ1) is 14.5. The summed E-state index contributed by atoms with van der Waals surface area (Å²) >= 11 is 0. The molecule has 1 saturated heterocycles. The summed E-state index contributed by atoms with van der Waals surface area (Å²) in [5, 5.41) is -1.07. The summed E-state index contributed by atoms with van der Waals surface area (Å²) in [5.74, 6) is -0.586. The highest BCUT2D eigenvalue weighted by atomic mass is 32.2. The van der Waals surface area contributed by atoms with Crippen LogP contribution in [0.15, 0.2) is 0 Å². The molecule has 1 rings (SSSR count). The Morgan fingerprint density at radius 2 is 1.88 bits per heavy atom. The maximum absolute atomic E-state index is 11.9. The van der Waals surface area contributed by atoms with Gasteiger partial charge in [0.2, 0.25) is 0 Å². The van der Waals surface area contributed by atoms with Gasteiger partial charge in [0.15, 0.2) is 15.6 Å². The first-order valence-corrected chi connectivity index (χ1v) is 7.25. The van der Waals surface area contributed by atoms with Crippen molar-refractivity contribution >= 4 is 15.6 Å². The van der Waals surface area contributed by atoms with Crippen LogP contribution in [-0.2, 0) is 14.6 Å². The maximum atomic E-state index is 11.9. The molecular weight excluding hydrogens is 257 g/mol. The highest BCUT2D eigenvalue weighted by molar-refractivity contribution is 7.92. The molecule has 0 bridgehead atoms.